The van der Waals surface area contributed by atoms with Gasteiger partial charge in [0.1, 0.15) is 11.3 Å². The minimum Gasteiger partial charge on any atom is -0.497 e. The number of methoxy groups -OCH3 is 1. The van der Waals surface area contributed by atoms with Gasteiger partial charge in [-0.15, -0.1) is 0 Å². The molecule has 5 nitrogen and oxygen atoms in total. The average molecular weight is 330 g/mol. The van der Waals surface area contributed by atoms with E-state index in [0.29, 0.717) is 19.4 Å². The van der Waals surface area contributed by atoms with E-state index < -0.39 is 5.54 Å². The number of carbonyl (C=O) groups excluding carboxylic acids is 2. The van der Waals surface area contributed by atoms with Crippen molar-refractivity contribution in [3.05, 3.63) is 29.8 Å². The van der Waals surface area contributed by atoms with Crippen LogP contribution in [0, 0.1) is 0 Å². The molecule has 24 heavy (non-hydrogen) atoms. The van der Waals surface area contributed by atoms with Crippen molar-refractivity contribution in [1.82, 2.24) is 10.2 Å². The Morgan fingerprint density at radius 3 is 2.58 bits per heavy atom. The second-order valence-corrected chi connectivity index (χ2v) is 7.06. The molecule has 0 bridgehead atoms. The summed E-state index contributed by atoms with van der Waals surface area (Å²) in [6, 6.07) is 7.92. The van der Waals surface area contributed by atoms with Crippen LogP contribution in [-0.4, -0.2) is 35.4 Å². The first-order valence-corrected chi connectivity index (χ1v) is 8.77. The van der Waals surface area contributed by atoms with Gasteiger partial charge in [-0.1, -0.05) is 25.0 Å². The quantitative estimate of drug-likeness (QED) is 0.903. The van der Waals surface area contributed by atoms with Gasteiger partial charge in [-0.2, -0.15) is 0 Å². The molecule has 1 aromatic rings. The largest absolute Gasteiger partial charge is 0.497 e. The minimum atomic E-state index is -0.750. The van der Waals surface area contributed by atoms with Gasteiger partial charge >= 0.3 is 0 Å². The molecule has 0 aromatic heterocycles. The molecule has 1 saturated carbocycles. The van der Waals surface area contributed by atoms with Crippen LogP contribution in [0.4, 0.5) is 0 Å². The number of rotatable bonds is 5. The van der Waals surface area contributed by atoms with Crippen molar-refractivity contribution in [2.24, 2.45) is 0 Å². The maximum Gasteiger partial charge on any atom is 0.245 e. The van der Waals surface area contributed by atoms with Gasteiger partial charge in [0.05, 0.1) is 7.11 Å². The smallest absolute Gasteiger partial charge is 0.245 e. The molecule has 1 aliphatic heterocycles. The molecule has 2 fully saturated rings. The average Bonchev–Trinajstić information content (AvgIpc) is 3.19. The molecule has 1 aromatic carbocycles. The lowest BCUT2D eigenvalue weighted by Crippen LogP contribution is -2.55. The van der Waals surface area contributed by atoms with Gasteiger partial charge in [0.15, 0.2) is 0 Å². The minimum absolute atomic E-state index is 0.00578. The lowest BCUT2D eigenvalue weighted by Gasteiger charge is -2.35. The zero-order valence-electron chi connectivity index (χ0n) is 14.5. The number of nitrogens with one attached hydrogen (secondary N) is 1. The fourth-order valence-electron chi connectivity index (χ4n) is 3.72. The standard InChI is InChI=1S/C19H26N2O3/c1-19(18(23)20-15-5-3-4-6-15)12-11-17(22)21(19)13-14-7-9-16(24-2)10-8-14/h7-10,15H,3-6,11-13H2,1-2H3,(H,20,23)/t19-/m0/s1. The van der Waals surface area contributed by atoms with Crippen LogP contribution in [0.5, 0.6) is 5.75 Å². The summed E-state index contributed by atoms with van der Waals surface area (Å²) in [4.78, 5) is 27.0. The molecule has 2 amide bonds. The number of carbonyl (C=O) groups is 2. The summed E-state index contributed by atoms with van der Waals surface area (Å²) in [5.41, 5.74) is 0.255. The molecule has 0 unspecified atom stereocenters. The van der Waals surface area contributed by atoms with Gasteiger partial charge in [-0.3, -0.25) is 9.59 Å². The van der Waals surface area contributed by atoms with Crippen molar-refractivity contribution in [2.75, 3.05) is 7.11 Å². The first-order chi connectivity index (χ1) is 11.5. The molecule has 5 heteroatoms. The predicted molar refractivity (Wildman–Crippen MR) is 91.6 cm³/mol. The fraction of sp³-hybridized carbons (Fsp3) is 0.579. The SMILES string of the molecule is COc1ccc(CN2C(=O)CC[C@@]2(C)C(=O)NC2CCCC2)cc1. The van der Waals surface area contributed by atoms with Crippen LogP contribution in [0.3, 0.4) is 0 Å². The van der Waals surface area contributed by atoms with Crippen LogP contribution >= 0.6 is 0 Å². The van der Waals surface area contributed by atoms with Gasteiger partial charge in [-0.05, 0) is 43.9 Å². The molecule has 1 heterocycles. The normalized spacial score (nSPS) is 24.4. The summed E-state index contributed by atoms with van der Waals surface area (Å²) in [6.07, 6.45) is 5.47. The van der Waals surface area contributed by atoms with E-state index >= 15 is 0 Å². The number of hydrogen-bond acceptors (Lipinski definition) is 3. The maximum atomic E-state index is 12.8. The second-order valence-electron chi connectivity index (χ2n) is 7.06. The van der Waals surface area contributed by atoms with Crippen molar-refractivity contribution < 1.29 is 14.3 Å². The van der Waals surface area contributed by atoms with Gasteiger partial charge in [-0.25, -0.2) is 0 Å². The maximum absolute atomic E-state index is 12.8. The molecule has 0 spiro atoms. The summed E-state index contributed by atoms with van der Waals surface area (Å²) in [5.74, 6) is 0.830. The topological polar surface area (TPSA) is 58.6 Å². The third-order valence-corrected chi connectivity index (χ3v) is 5.40. The second kappa shape index (κ2) is 6.83. The number of likely N-dealkylation sites (tertiary alicyclic amines) is 1. The van der Waals surface area contributed by atoms with Crippen LogP contribution in [0.25, 0.3) is 0 Å². The van der Waals surface area contributed by atoms with Crippen molar-refractivity contribution >= 4 is 11.8 Å². The van der Waals surface area contributed by atoms with Crippen molar-refractivity contribution in [1.29, 1.82) is 0 Å². The molecule has 1 saturated heterocycles. The molecule has 130 valence electrons. The lowest BCUT2D eigenvalue weighted by molar-refractivity contribution is -0.141. The molecule has 1 atom stereocenters. The highest BCUT2D eigenvalue weighted by molar-refractivity contribution is 5.94. The van der Waals surface area contributed by atoms with Crippen LogP contribution in [0.2, 0.25) is 0 Å². The van der Waals surface area contributed by atoms with Crippen molar-refractivity contribution in [3.63, 3.8) is 0 Å². The Kier molecular flexibility index (Phi) is 4.78. The van der Waals surface area contributed by atoms with Gasteiger partial charge in [0.25, 0.3) is 0 Å². The van der Waals surface area contributed by atoms with E-state index in [1.807, 2.05) is 31.2 Å². The highest BCUT2D eigenvalue weighted by Gasteiger charge is 2.47. The lowest BCUT2D eigenvalue weighted by atomic mass is 9.96. The van der Waals surface area contributed by atoms with E-state index in [-0.39, 0.29) is 17.9 Å². The third kappa shape index (κ3) is 3.25. The number of amides is 2. The Bertz CT molecular complexity index is 608. The molecule has 0 radical (unpaired) electrons. The number of nitrogens with zero attached hydrogens (tertiary/aromatic N) is 1. The van der Waals surface area contributed by atoms with E-state index in [4.69, 9.17) is 4.74 Å². The fourth-order valence-corrected chi connectivity index (χ4v) is 3.72. The zero-order valence-corrected chi connectivity index (χ0v) is 14.5. The summed E-state index contributed by atoms with van der Waals surface area (Å²) in [5, 5.41) is 3.16. The Morgan fingerprint density at radius 2 is 1.96 bits per heavy atom. The summed E-state index contributed by atoms with van der Waals surface area (Å²) in [7, 11) is 1.63. The zero-order chi connectivity index (χ0) is 17.2. The van der Waals surface area contributed by atoms with E-state index in [1.54, 1.807) is 12.0 Å². The Balaban J connectivity index is 1.73. The molecular weight excluding hydrogens is 304 g/mol. The first kappa shape index (κ1) is 16.8. The van der Waals surface area contributed by atoms with E-state index in [9.17, 15) is 9.59 Å². The van der Waals surface area contributed by atoms with Gasteiger partial charge < -0.3 is 15.0 Å². The van der Waals surface area contributed by atoms with Crippen LogP contribution in [0.15, 0.2) is 24.3 Å². The van der Waals surface area contributed by atoms with E-state index in [0.717, 1.165) is 24.2 Å². The van der Waals surface area contributed by atoms with Gasteiger partial charge in [0, 0.05) is 19.0 Å². The molecule has 2 aliphatic rings. The molecule has 3 rings (SSSR count). The Labute approximate surface area is 143 Å². The summed E-state index contributed by atoms with van der Waals surface area (Å²) < 4.78 is 5.17. The monoisotopic (exact) mass is 330 g/mol. The molecule has 1 N–H and O–H groups in total. The number of benzene rings is 1. The molecular formula is C19H26N2O3. The van der Waals surface area contributed by atoms with E-state index in [1.165, 1.54) is 12.8 Å². The predicted octanol–water partition coefficient (Wildman–Crippen LogP) is 2.64. The molecule has 1 aliphatic carbocycles. The van der Waals surface area contributed by atoms with Gasteiger partial charge in [0.2, 0.25) is 11.8 Å². The first-order valence-electron chi connectivity index (χ1n) is 8.77. The van der Waals surface area contributed by atoms with Crippen LogP contribution in [-0.2, 0) is 16.1 Å². The summed E-state index contributed by atoms with van der Waals surface area (Å²) >= 11 is 0. The number of hydrogen-bond donors (Lipinski definition) is 1. The third-order valence-electron chi connectivity index (χ3n) is 5.40. The van der Waals surface area contributed by atoms with Crippen LogP contribution < -0.4 is 10.1 Å². The van der Waals surface area contributed by atoms with Crippen molar-refractivity contribution in [3.8, 4) is 5.75 Å². The highest BCUT2D eigenvalue weighted by atomic mass is 16.5. The Morgan fingerprint density at radius 1 is 1.29 bits per heavy atom. The summed E-state index contributed by atoms with van der Waals surface area (Å²) in [6.45, 7) is 2.35. The van der Waals surface area contributed by atoms with Crippen LogP contribution in [0.1, 0.15) is 51.0 Å². The Hall–Kier alpha value is -2.04. The highest BCUT2D eigenvalue weighted by Crippen LogP contribution is 2.33. The van der Waals surface area contributed by atoms with E-state index in [2.05, 4.69) is 5.32 Å². The van der Waals surface area contributed by atoms with Crippen molar-refractivity contribution in [2.45, 2.75) is 63.6 Å². The number of ether oxygens (including phenoxy) is 1.